The molecule has 106 valence electrons. The van der Waals surface area contributed by atoms with Crippen LogP contribution >= 0.6 is 11.6 Å². The Balaban J connectivity index is 1.85. The van der Waals surface area contributed by atoms with Gasteiger partial charge in [0.2, 0.25) is 0 Å². The van der Waals surface area contributed by atoms with Gasteiger partial charge in [0.05, 0.1) is 6.26 Å². The molecule has 21 heavy (non-hydrogen) atoms. The van der Waals surface area contributed by atoms with E-state index in [1.807, 2.05) is 0 Å². The van der Waals surface area contributed by atoms with Crippen LogP contribution in [0.25, 0.3) is 11.5 Å². The van der Waals surface area contributed by atoms with Crippen LogP contribution in [-0.2, 0) is 7.05 Å². The highest BCUT2D eigenvalue weighted by atomic mass is 35.5. The molecule has 6 heteroatoms. The predicted octanol–water partition coefficient (Wildman–Crippen LogP) is 3.59. The number of aromatic nitrogens is 2. The maximum absolute atomic E-state index is 12.3. The second-order valence-corrected chi connectivity index (χ2v) is 4.92. The first kappa shape index (κ1) is 13.5. The minimum atomic E-state index is -0.259. The monoisotopic (exact) mass is 301 g/mol. The van der Waals surface area contributed by atoms with Crippen LogP contribution in [0.15, 0.2) is 53.1 Å². The molecule has 0 atom stereocenters. The van der Waals surface area contributed by atoms with Crippen molar-refractivity contribution in [1.29, 1.82) is 0 Å². The number of halogens is 1. The number of aryl methyl sites for hydroxylation is 1. The lowest BCUT2D eigenvalue weighted by molar-refractivity contribution is 0.101. The lowest BCUT2D eigenvalue weighted by Gasteiger charge is -2.05. The van der Waals surface area contributed by atoms with Gasteiger partial charge in [-0.1, -0.05) is 17.7 Å². The summed E-state index contributed by atoms with van der Waals surface area (Å²) >= 11 is 5.90. The molecule has 0 unspecified atom stereocenters. The number of furan rings is 1. The van der Waals surface area contributed by atoms with Crippen LogP contribution < -0.4 is 5.32 Å². The Morgan fingerprint density at radius 3 is 2.86 bits per heavy atom. The van der Waals surface area contributed by atoms with Crippen molar-refractivity contribution in [3.8, 4) is 11.5 Å². The Morgan fingerprint density at radius 2 is 2.14 bits per heavy atom. The van der Waals surface area contributed by atoms with Crippen molar-refractivity contribution < 1.29 is 9.21 Å². The smallest absolute Gasteiger partial charge is 0.273 e. The zero-order valence-electron chi connectivity index (χ0n) is 11.2. The molecule has 0 saturated heterocycles. The number of benzene rings is 1. The van der Waals surface area contributed by atoms with E-state index in [-0.39, 0.29) is 5.91 Å². The van der Waals surface area contributed by atoms with Crippen molar-refractivity contribution in [3.63, 3.8) is 0 Å². The number of hydrogen-bond acceptors (Lipinski definition) is 3. The largest absolute Gasteiger partial charge is 0.463 e. The van der Waals surface area contributed by atoms with Gasteiger partial charge in [0.25, 0.3) is 5.91 Å². The van der Waals surface area contributed by atoms with Gasteiger partial charge in [-0.05, 0) is 30.3 Å². The van der Waals surface area contributed by atoms with Crippen LogP contribution in [0.2, 0.25) is 5.02 Å². The molecule has 0 fully saturated rings. The van der Waals surface area contributed by atoms with Crippen LogP contribution in [0.1, 0.15) is 10.5 Å². The standard InChI is InChI=1S/C15H12ClN3O2/c1-19-13(9-12(18-19)14-6-3-7-21-14)15(20)17-11-5-2-4-10(16)8-11/h2-9H,1H3,(H,17,20). The fraction of sp³-hybridized carbons (Fsp3) is 0.0667. The van der Waals surface area contributed by atoms with Gasteiger partial charge in [-0.3, -0.25) is 9.48 Å². The van der Waals surface area contributed by atoms with Crippen LogP contribution in [0, 0.1) is 0 Å². The second kappa shape index (κ2) is 5.46. The van der Waals surface area contributed by atoms with E-state index in [0.717, 1.165) is 0 Å². The molecule has 5 nitrogen and oxygen atoms in total. The number of anilines is 1. The molecule has 1 N–H and O–H groups in total. The van der Waals surface area contributed by atoms with Gasteiger partial charge < -0.3 is 9.73 Å². The van der Waals surface area contributed by atoms with E-state index in [9.17, 15) is 4.79 Å². The fourth-order valence-electron chi connectivity index (χ4n) is 1.99. The zero-order valence-corrected chi connectivity index (χ0v) is 12.0. The number of nitrogens with one attached hydrogen (secondary N) is 1. The molecule has 2 aromatic heterocycles. The van der Waals surface area contributed by atoms with Crippen molar-refractivity contribution in [1.82, 2.24) is 9.78 Å². The van der Waals surface area contributed by atoms with Crippen molar-refractivity contribution in [2.45, 2.75) is 0 Å². The normalized spacial score (nSPS) is 10.6. The number of nitrogens with zero attached hydrogens (tertiary/aromatic N) is 2. The molecule has 0 spiro atoms. The maximum Gasteiger partial charge on any atom is 0.273 e. The van der Waals surface area contributed by atoms with E-state index in [0.29, 0.717) is 27.9 Å². The number of amides is 1. The summed E-state index contributed by atoms with van der Waals surface area (Å²) in [5.74, 6) is 0.359. The molecular weight excluding hydrogens is 290 g/mol. The SMILES string of the molecule is Cn1nc(-c2ccco2)cc1C(=O)Nc1cccc(Cl)c1. The molecule has 1 aromatic carbocycles. The number of rotatable bonds is 3. The molecular formula is C15H12ClN3O2. The molecule has 0 radical (unpaired) electrons. The van der Waals surface area contributed by atoms with Gasteiger partial charge in [-0.15, -0.1) is 0 Å². The van der Waals surface area contributed by atoms with Crippen molar-refractivity contribution in [2.24, 2.45) is 7.05 Å². The molecule has 0 aliphatic heterocycles. The van der Waals surface area contributed by atoms with Crippen molar-refractivity contribution >= 4 is 23.2 Å². The highest BCUT2D eigenvalue weighted by molar-refractivity contribution is 6.30. The van der Waals surface area contributed by atoms with Gasteiger partial charge >= 0.3 is 0 Å². The highest BCUT2D eigenvalue weighted by Crippen LogP contribution is 2.20. The molecule has 0 aliphatic rings. The van der Waals surface area contributed by atoms with Crippen LogP contribution in [0.3, 0.4) is 0 Å². The van der Waals surface area contributed by atoms with E-state index in [4.69, 9.17) is 16.0 Å². The summed E-state index contributed by atoms with van der Waals surface area (Å²) in [7, 11) is 1.71. The topological polar surface area (TPSA) is 60.1 Å². The first-order valence-electron chi connectivity index (χ1n) is 6.28. The van der Waals surface area contributed by atoms with Gasteiger partial charge in [0.15, 0.2) is 5.76 Å². The molecule has 1 amide bonds. The summed E-state index contributed by atoms with van der Waals surface area (Å²) in [5, 5.41) is 7.62. The third kappa shape index (κ3) is 2.83. The third-order valence-corrected chi connectivity index (χ3v) is 3.20. The van der Waals surface area contributed by atoms with E-state index in [1.165, 1.54) is 4.68 Å². The van der Waals surface area contributed by atoms with Gasteiger partial charge in [0, 0.05) is 23.8 Å². The van der Waals surface area contributed by atoms with Crippen LogP contribution in [0.4, 0.5) is 5.69 Å². The van der Waals surface area contributed by atoms with Crippen molar-refractivity contribution in [3.05, 3.63) is 59.4 Å². The lowest BCUT2D eigenvalue weighted by atomic mass is 10.2. The molecule has 2 heterocycles. The molecule has 3 aromatic rings. The Hall–Kier alpha value is -2.53. The molecule has 0 saturated carbocycles. The van der Waals surface area contributed by atoms with Gasteiger partial charge in [0.1, 0.15) is 11.4 Å². The quantitative estimate of drug-likeness (QED) is 0.804. The Labute approximate surface area is 126 Å². The minimum absolute atomic E-state index is 0.259. The van der Waals surface area contributed by atoms with Gasteiger partial charge in [-0.25, -0.2) is 0 Å². The van der Waals surface area contributed by atoms with Gasteiger partial charge in [-0.2, -0.15) is 5.10 Å². The molecule has 0 aliphatic carbocycles. The number of carbonyl (C=O) groups is 1. The lowest BCUT2D eigenvalue weighted by Crippen LogP contribution is -2.15. The molecule has 0 bridgehead atoms. The van der Waals surface area contributed by atoms with E-state index in [2.05, 4.69) is 10.4 Å². The highest BCUT2D eigenvalue weighted by Gasteiger charge is 2.15. The van der Waals surface area contributed by atoms with E-state index >= 15 is 0 Å². The number of hydrogen-bond donors (Lipinski definition) is 1. The second-order valence-electron chi connectivity index (χ2n) is 4.48. The Kier molecular flexibility index (Phi) is 3.50. The predicted molar refractivity (Wildman–Crippen MR) is 80.3 cm³/mol. The summed E-state index contributed by atoms with van der Waals surface area (Å²) in [6.45, 7) is 0. The first-order chi connectivity index (χ1) is 10.1. The summed E-state index contributed by atoms with van der Waals surface area (Å²) < 4.78 is 6.79. The summed E-state index contributed by atoms with van der Waals surface area (Å²) in [5.41, 5.74) is 1.67. The molecule has 3 rings (SSSR count). The Morgan fingerprint density at radius 1 is 1.29 bits per heavy atom. The van der Waals surface area contributed by atoms with Crippen molar-refractivity contribution in [2.75, 3.05) is 5.32 Å². The first-order valence-corrected chi connectivity index (χ1v) is 6.66. The average Bonchev–Trinajstić information content (AvgIpc) is 3.07. The summed E-state index contributed by atoms with van der Waals surface area (Å²) in [6, 6.07) is 12.2. The zero-order chi connectivity index (χ0) is 14.8. The summed E-state index contributed by atoms with van der Waals surface area (Å²) in [6.07, 6.45) is 1.57. The van der Waals surface area contributed by atoms with Crippen LogP contribution in [0.5, 0.6) is 0 Å². The average molecular weight is 302 g/mol. The summed E-state index contributed by atoms with van der Waals surface area (Å²) in [4.78, 5) is 12.3. The fourth-order valence-corrected chi connectivity index (χ4v) is 2.18. The van der Waals surface area contributed by atoms with E-state index < -0.39 is 0 Å². The third-order valence-electron chi connectivity index (χ3n) is 2.97. The minimum Gasteiger partial charge on any atom is -0.463 e. The maximum atomic E-state index is 12.3. The Bertz CT molecular complexity index is 778. The van der Waals surface area contributed by atoms with E-state index in [1.54, 1.807) is 55.8 Å². The number of carbonyl (C=O) groups excluding carboxylic acids is 1. The van der Waals surface area contributed by atoms with Crippen LogP contribution in [-0.4, -0.2) is 15.7 Å².